The van der Waals surface area contributed by atoms with E-state index in [1.165, 1.54) is 22.1 Å². The molecule has 0 spiro atoms. The molecular formula is C19H20Cl2N2O4S2. The zero-order chi connectivity index (χ0) is 21.0. The fraction of sp³-hybridized carbons (Fsp3) is 0.316. The van der Waals surface area contributed by atoms with Crippen LogP contribution in [0.4, 0.5) is 5.69 Å². The Morgan fingerprint density at radius 1 is 1.17 bits per heavy atom. The van der Waals surface area contributed by atoms with Gasteiger partial charge in [0.1, 0.15) is 0 Å². The van der Waals surface area contributed by atoms with Gasteiger partial charge in [0.05, 0.1) is 33.9 Å². The zero-order valence-corrected chi connectivity index (χ0v) is 18.8. The number of carbonyl (C=O) groups is 1. The Bertz CT molecular complexity index is 989. The molecule has 1 aliphatic rings. The van der Waals surface area contributed by atoms with Crippen LogP contribution in [0, 0.1) is 6.92 Å². The van der Waals surface area contributed by atoms with E-state index in [1.54, 1.807) is 37.3 Å². The van der Waals surface area contributed by atoms with Crippen molar-refractivity contribution in [2.75, 3.05) is 37.4 Å². The van der Waals surface area contributed by atoms with Gasteiger partial charge in [-0.15, -0.1) is 11.8 Å². The normalized spacial score (nSPS) is 15.3. The first-order chi connectivity index (χ1) is 13.8. The minimum atomic E-state index is -3.66. The SMILES string of the molecule is Cc1ccc(NC(=O)CSc2c(Cl)cccc2Cl)cc1S(=O)(=O)N1CCOCC1. The van der Waals surface area contributed by atoms with Crippen molar-refractivity contribution in [3.63, 3.8) is 0 Å². The summed E-state index contributed by atoms with van der Waals surface area (Å²) in [4.78, 5) is 13.2. The highest BCUT2D eigenvalue weighted by Crippen LogP contribution is 2.34. The number of thioether (sulfide) groups is 1. The molecule has 0 aromatic heterocycles. The van der Waals surface area contributed by atoms with E-state index in [2.05, 4.69) is 5.32 Å². The van der Waals surface area contributed by atoms with E-state index < -0.39 is 10.0 Å². The van der Waals surface area contributed by atoms with Gasteiger partial charge in [-0.1, -0.05) is 35.3 Å². The second kappa shape index (κ2) is 9.68. The third-order valence-corrected chi connectivity index (χ3v) is 8.36. The largest absolute Gasteiger partial charge is 0.379 e. The van der Waals surface area contributed by atoms with Crippen LogP contribution in [0.5, 0.6) is 0 Å². The first-order valence-electron chi connectivity index (χ1n) is 8.84. The van der Waals surface area contributed by atoms with Crippen molar-refractivity contribution in [1.29, 1.82) is 0 Å². The molecule has 29 heavy (non-hydrogen) atoms. The number of anilines is 1. The van der Waals surface area contributed by atoms with Gasteiger partial charge in [-0.2, -0.15) is 4.31 Å². The van der Waals surface area contributed by atoms with Crippen molar-refractivity contribution < 1.29 is 17.9 Å². The summed E-state index contributed by atoms with van der Waals surface area (Å²) < 4.78 is 32.5. The number of morpholine rings is 1. The Hall–Kier alpha value is -1.29. The zero-order valence-electron chi connectivity index (χ0n) is 15.7. The standard InChI is InChI=1S/C19H20Cl2N2O4S2/c1-13-5-6-14(11-17(13)29(25,26)23-7-9-27-10-8-23)22-18(24)12-28-19-15(20)3-2-4-16(19)21/h2-6,11H,7-10,12H2,1H3,(H,22,24). The number of amides is 1. The Morgan fingerprint density at radius 2 is 1.83 bits per heavy atom. The summed E-state index contributed by atoms with van der Waals surface area (Å²) in [6.07, 6.45) is 0. The van der Waals surface area contributed by atoms with E-state index in [-0.39, 0.29) is 16.6 Å². The summed E-state index contributed by atoms with van der Waals surface area (Å²) >= 11 is 13.5. The van der Waals surface area contributed by atoms with E-state index >= 15 is 0 Å². The summed E-state index contributed by atoms with van der Waals surface area (Å²) in [6, 6.07) is 10.00. The maximum atomic E-state index is 13.0. The average Bonchev–Trinajstić information content (AvgIpc) is 2.69. The number of sulfonamides is 1. The molecule has 1 aliphatic heterocycles. The van der Waals surface area contributed by atoms with Crippen molar-refractivity contribution in [2.24, 2.45) is 0 Å². The molecule has 2 aromatic rings. The van der Waals surface area contributed by atoms with Crippen molar-refractivity contribution in [3.05, 3.63) is 52.0 Å². The summed E-state index contributed by atoms with van der Waals surface area (Å²) in [7, 11) is -3.66. The Balaban J connectivity index is 1.71. The number of benzene rings is 2. The minimum absolute atomic E-state index is 0.0862. The highest BCUT2D eigenvalue weighted by molar-refractivity contribution is 8.00. The fourth-order valence-electron chi connectivity index (χ4n) is 2.84. The van der Waals surface area contributed by atoms with Crippen LogP contribution in [-0.2, 0) is 19.6 Å². The second-order valence-electron chi connectivity index (χ2n) is 6.38. The Kier molecular flexibility index (Phi) is 7.47. The van der Waals surface area contributed by atoms with Crippen LogP contribution in [0.15, 0.2) is 46.2 Å². The number of ether oxygens (including phenoxy) is 1. The van der Waals surface area contributed by atoms with E-state index in [1.807, 2.05) is 0 Å². The summed E-state index contributed by atoms with van der Waals surface area (Å²) in [5, 5.41) is 3.69. The first-order valence-corrected chi connectivity index (χ1v) is 12.0. The number of hydrogen-bond donors (Lipinski definition) is 1. The maximum absolute atomic E-state index is 13.0. The third kappa shape index (κ3) is 5.45. The monoisotopic (exact) mass is 474 g/mol. The molecule has 0 aliphatic carbocycles. The molecule has 3 rings (SSSR count). The molecule has 1 amide bonds. The van der Waals surface area contributed by atoms with Gasteiger partial charge >= 0.3 is 0 Å². The lowest BCUT2D eigenvalue weighted by molar-refractivity contribution is -0.113. The fourth-order valence-corrected chi connectivity index (χ4v) is 5.98. The maximum Gasteiger partial charge on any atom is 0.243 e. The highest BCUT2D eigenvalue weighted by Gasteiger charge is 2.28. The van der Waals surface area contributed by atoms with Gasteiger partial charge in [-0.25, -0.2) is 8.42 Å². The van der Waals surface area contributed by atoms with E-state index in [0.29, 0.717) is 52.5 Å². The molecule has 1 heterocycles. The van der Waals surface area contributed by atoms with Crippen LogP contribution in [0.2, 0.25) is 10.0 Å². The lowest BCUT2D eigenvalue weighted by atomic mass is 10.2. The molecule has 0 saturated carbocycles. The van der Waals surface area contributed by atoms with Crippen LogP contribution in [0.1, 0.15) is 5.56 Å². The van der Waals surface area contributed by atoms with Crippen LogP contribution in [0.25, 0.3) is 0 Å². The van der Waals surface area contributed by atoms with Crippen LogP contribution in [-0.4, -0.2) is 50.7 Å². The van der Waals surface area contributed by atoms with Crippen LogP contribution in [0.3, 0.4) is 0 Å². The van der Waals surface area contributed by atoms with Crippen molar-refractivity contribution in [1.82, 2.24) is 4.31 Å². The second-order valence-corrected chi connectivity index (χ2v) is 10.1. The molecule has 0 unspecified atom stereocenters. The molecule has 1 fully saturated rings. The van der Waals surface area contributed by atoms with Gasteiger partial charge in [0, 0.05) is 23.7 Å². The number of rotatable bonds is 6. The van der Waals surface area contributed by atoms with Gasteiger partial charge in [0.2, 0.25) is 15.9 Å². The molecule has 1 saturated heterocycles. The van der Waals surface area contributed by atoms with Gasteiger partial charge in [0.25, 0.3) is 0 Å². The molecular weight excluding hydrogens is 455 g/mol. The molecule has 1 N–H and O–H groups in total. The molecule has 2 aromatic carbocycles. The summed E-state index contributed by atoms with van der Waals surface area (Å²) in [5.74, 6) is -0.201. The van der Waals surface area contributed by atoms with Gasteiger partial charge in [-0.05, 0) is 36.8 Å². The van der Waals surface area contributed by atoms with Crippen molar-refractivity contribution in [2.45, 2.75) is 16.7 Å². The number of aryl methyl sites for hydroxylation is 1. The van der Waals surface area contributed by atoms with Crippen molar-refractivity contribution >= 4 is 56.6 Å². The Morgan fingerprint density at radius 3 is 2.48 bits per heavy atom. The minimum Gasteiger partial charge on any atom is -0.379 e. The number of carbonyl (C=O) groups excluding carboxylic acids is 1. The quantitative estimate of drug-likeness (QED) is 0.638. The molecule has 6 nitrogen and oxygen atoms in total. The van der Waals surface area contributed by atoms with Crippen LogP contribution < -0.4 is 5.32 Å². The Labute approximate surface area is 184 Å². The molecule has 156 valence electrons. The van der Waals surface area contributed by atoms with Crippen LogP contribution >= 0.6 is 35.0 Å². The molecule has 0 atom stereocenters. The molecule has 0 bridgehead atoms. The topological polar surface area (TPSA) is 75.7 Å². The predicted molar refractivity (Wildman–Crippen MR) is 117 cm³/mol. The predicted octanol–water partition coefficient (Wildman–Crippen LogP) is 4.05. The lowest BCUT2D eigenvalue weighted by Gasteiger charge is -2.26. The molecule has 0 radical (unpaired) electrons. The summed E-state index contributed by atoms with van der Waals surface area (Å²) in [6.45, 7) is 3.10. The first kappa shape index (κ1) is 22.4. The van der Waals surface area contributed by atoms with Gasteiger partial charge < -0.3 is 10.1 Å². The van der Waals surface area contributed by atoms with E-state index in [4.69, 9.17) is 27.9 Å². The van der Waals surface area contributed by atoms with E-state index in [0.717, 1.165) is 0 Å². The lowest BCUT2D eigenvalue weighted by Crippen LogP contribution is -2.40. The summed E-state index contributed by atoms with van der Waals surface area (Å²) in [5.41, 5.74) is 1.03. The van der Waals surface area contributed by atoms with Gasteiger partial charge in [0.15, 0.2) is 0 Å². The van der Waals surface area contributed by atoms with Crippen molar-refractivity contribution in [3.8, 4) is 0 Å². The highest BCUT2D eigenvalue weighted by atomic mass is 35.5. The number of halogens is 2. The number of nitrogens with one attached hydrogen (secondary N) is 1. The number of hydrogen-bond acceptors (Lipinski definition) is 5. The third-order valence-electron chi connectivity index (χ3n) is 4.33. The molecule has 10 heteroatoms. The number of nitrogens with zero attached hydrogens (tertiary/aromatic N) is 1. The average molecular weight is 475 g/mol. The smallest absolute Gasteiger partial charge is 0.243 e. The van der Waals surface area contributed by atoms with E-state index in [9.17, 15) is 13.2 Å². The van der Waals surface area contributed by atoms with Gasteiger partial charge in [-0.3, -0.25) is 4.79 Å².